The standard InChI is InChI=1S/C11H20O2.C9H12O5.C7H12O2.C5H8O2/c1-4-7-8-10(5-2)9-13-11(12)6-3;1-7(3-2-4-8(11)12)9(13)14-6-5-10;1-3-5-6-9-7(8)4-2;1-3-5(6)7-4-2/h6,10H,3-5,7-9H2,1-2H3;2,4,10H,1,3,5-6H2,(H,11,12);4H,2-3,5-6H2,1H3;3H,1,4H2,2H3. The van der Waals surface area contributed by atoms with Crippen molar-refractivity contribution in [3.8, 4) is 0 Å². The van der Waals surface area contributed by atoms with Crippen molar-refractivity contribution >= 4 is 29.8 Å². The molecule has 0 saturated heterocycles. The van der Waals surface area contributed by atoms with Crippen LogP contribution in [0.5, 0.6) is 0 Å². The molecule has 0 aromatic carbocycles. The highest BCUT2D eigenvalue weighted by Crippen LogP contribution is 2.12. The van der Waals surface area contributed by atoms with Crippen LogP contribution in [-0.4, -0.2) is 73.1 Å². The van der Waals surface area contributed by atoms with Crippen LogP contribution in [0.3, 0.4) is 0 Å². The highest BCUT2D eigenvalue weighted by molar-refractivity contribution is 5.88. The van der Waals surface area contributed by atoms with E-state index >= 15 is 0 Å². The summed E-state index contributed by atoms with van der Waals surface area (Å²) in [5, 5.41) is 16.6. The first-order valence-electron chi connectivity index (χ1n) is 14.2. The molecular weight excluding hydrogens is 560 g/mol. The number of rotatable bonds is 19. The lowest BCUT2D eigenvalue weighted by Crippen LogP contribution is -2.12. The summed E-state index contributed by atoms with van der Waals surface area (Å²) in [6, 6.07) is 0. The maximum Gasteiger partial charge on any atom is 0.333 e. The number of allylic oxidation sites excluding steroid dienone is 1. The molecule has 246 valence electrons. The quantitative estimate of drug-likeness (QED) is 0.0843. The molecule has 0 radical (unpaired) electrons. The Morgan fingerprint density at radius 2 is 1.30 bits per heavy atom. The Morgan fingerprint density at radius 3 is 1.72 bits per heavy atom. The lowest BCUT2D eigenvalue weighted by molar-refractivity contribution is -0.140. The number of ether oxygens (including phenoxy) is 4. The van der Waals surface area contributed by atoms with E-state index in [0.29, 0.717) is 25.7 Å². The summed E-state index contributed by atoms with van der Waals surface area (Å²) in [5.41, 5.74) is 0.149. The Bertz CT molecular complexity index is 844. The zero-order valence-corrected chi connectivity index (χ0v) is 26.3. The molecule has 0 rings (SSSR count). The van der Waals surface area contributed by atoms with Crippen molar-refractivity contribution in [3.05, 3.63) is 62.3 Å². The van der Waals surface area contributed by atoms with Gasteiger partial charge in [-0.15, -0.1) is 0 Å². The lowest BCUT2D eigenvalue weighted by atomic mass is 10.0. The minimum absolute atomic E-state index is 0.0828. The predicted octanol–water partition coefficient (Wildman–Crippen LogP) is 5.29. The van der Waals surface area contributed by atoms with Crippen LogP contribution in [0, 0.1) is 5.92 Å². The second kappa shape index (κ2) is 36.0. The van der Waals surface area contributed by atoms with Gasteiger partial charge in [-0.2, -0.15) is 0 Å². The molecule has 0 aromatic rings. The monoisotopic (exact) mass is 612 g/mol. The second-order valence-corrected chi connectivity index (χ2v) is 8.34. The van der Waals surface area contributed by atoms with Gasteiger partial charge in [-0.3, -0.25) is 0 Å². The van der Waals surface area contributed by atoms with Crippen molar-refractivity contribution in [2.75, 3.05) is 33.0 Å². The average molecular weight is 613 g/mol. The van der Waals surface area contributed by atoms with Gasteiger partial charge in [0.1, 0.15) is 6.61 Å². The zero-order valence-electron chi connectivity index (χ0n) is 26.3. The van der Waals surface area contributed by atoms with Crippen LogP contribution in [0.25, 0.3) is 0 Å². The number of aliphatic hydroxyl groups excluding tert-OH is 1. The summed E-state index contributed by atoms with van der Waals surface area (Å²) >= 11 is 0. The maximum atomic E-state index is 11.0. The molecule has 2 N–H and O–H groups in total. The molecule has 0 spiro atoms. The molecule has 1 atom stereocenters. The predicted molar refractivity (Wildman–Crippen MR) is 166 cm³/mol. The number of hydrogen-bond acceptors (Lipinski definition) is 10. The molecule has 0 heterocycles. The molecule has 11 heteroatoms. The van der Waals surface area contributed by atoms with Crippen LogP contribution >= 0.6 is 0 Å². The van der Waals surface area contributed by atoms with E-state index in [1.807, 2.05) is 6.92 Å². The van der Waals surface area contributed by atoms with Crippen LogP contribution in [0.2, 0.25) is 0 Å². The van der Waals surface area contributed by atoms with E-state index in [0.717, 1.165) is 37.8 Å². The van der Waals surface area contributed by atoms with Gasteiger partial charge in [0.2, 0.25) is 0 Å². The first kappa shape index (κ1) is 46.0. The van der Waals surface area contributed by atoms with E-state index in [9.17, 15) is 24.0 Å². The molecule has 0 aromatic heterocycles. The van der Waals surface area contributed by atoms with Crippen LogP contribution in [0.1, 0.15) is 72.6 Å². The van der Waals surface area contributed by atoms with Gasteiger partial charge in [0.15, 0.2) is 0 Å². The number of aliphatic carboxylic acids is 1. The molecule has 11 nitrogen and oxygen atoms in total. The number of carboxylic acids is 1. The minimum atomic E-state index is -1.08. The molecular formula is C32H52O11. The normalized spacial score (nSPS) is 9.98. The number of carbonyl (C=O) groups excluding carboxylic acids is 4. The van der Waals surface area contributed by atoms with Gasteiger partial charge in [-0.25, -0.2) is 24.0 Å². The van der Waals surface area contributed by atoms with Gasteiger partial charge in [0.25, 0.3) is 0 Å². The molecule has 0 fully saturated rings. The summed E-state index contributed by atoms with van der Waals surface area (Å²) in [5.74, 6) is -2.19. The third kappa shape index (κ3) is 40.2. The van der Waals surface area contributed by atoms with E-state index in [1.165, 1.54) is 31.1 Å². The molecule has 0 aliphatic carbocycles. The summed E-state index contributed by atoms with van der Waals surface area (Å²) in [6.45, 7) is 22.5. The largest absolute Gasteiger partial charge is 0.478 e. The van der Waals surface area contributed by atoms with E-state index < -0.39 is 11.9 Å². The van der Waals surface area contributed by atoms with Crippen LogP contribution in [0.4, 0.5) is 0 Å². The molecule has 43 heavy (non-hydrogen) atoms. The summed E-state index contributed by atoms with van der Waals surface area (Å²) < 4.78 is 18.6. The molecule has 0 bridgehead atoms. The Labute approximate surface area is 256 Å². The van der Waals surface area contributed by atoms with Crippen molar-refractivity contribution in [3.63, 3.8) is 0 Å². The van der Waals surface area contributed by atoms with E-state index in [2.05, 4.69) is 54.4 Å². The summed E-state index contributed by atoms with van der Waals surface area (Å²) in [7, 11) is 0. The number of aliphatic hydroxyl groups is 1. The Hall–Kier alpha value is -3.99. The number of unbranched alkanes of at least 4 members (excludes halogenated alkanes) is 2. The number of carboxylic acid groups (broad SMARTS) is 1. The SMILES string of the molecule is C=C(CC=CC(=O)O)C(=O)OCCO.C=CC(=O)OCC.C=CC(=O)OCC(CC)CCCC.C=CC(=O)OCCCC. The minimum Gasteiger partial charge on any atom is -0.478 e. The van der Waals surface area contributed by atoms with Crippen LogP contribution in [-0.2, 0) is 42.9 Å². The summed E-state index contributed by atoms with van der Waals surface area (Å²) in [6.07, 6.45) is 12.5. The summed E-state index contributed by atoms with van der Waals surface area (Å²) in [4.78, 5) is 52.2. The van der Waals surface area contributed by atoms with Gasteiger partial charge < -0.3 is 29.2 Å². The number of hydrogen-bond donors (Lipinski definition) is 2. The third-order valence-electron chi connectivity index (χ3n) is 4.77. The van der Waals surface area contributed by atoms with Gasteiger partial charge in [0.05, 0.1) is 26.4 Å². The van der Waals surface area contributed by atoms with Crippen molar-refractivity contribution < 1.29 is 53.1 Å². The first-order chi connectivity index (χ1) is 20.4. The lowest BCUT2D eigenvalue weighted by Gasteiger charge is -2.13. The van der Waals surface area contributed by atoms with Crippen LogP contribution in [0.15, 0.2) is 62.3 Å². The third-order valence-corrected chi connectivity index (χ3v) is 4.77. The number of esters is 4. The fraction of sp³-hybridized carbons (Fsp3) is 0.531. The molecule has 1 unspecified atom stereocenters. The van der Waals surface area contributed by atoms with Crippen molar-refractivity contribution in [1.82, 2.24) is 0 Å². The maximum absolute atomic E-state index is 11.0. The van der Waals surface area contributed by atoms with Crippen molar-refractivity contribution in [2.45, 2.75) is 72.6 Å². The number of carbonyl (C=O) groups is 5. The van der Waals surface area contributed by atoms with E-state index in [-0.39, 0.29) is 43.1 Å². The molecule has 0 aliphatic rings. The Morgan fingerprint density at radius 1 is 0.767 bits per heavy atom. The van der Waals surface area contributed by atoms with E-state index in [1.54, 1.807) is 6.92 Å². The van der Waals surface area contributed by atoms with Gasteiger partial charge in [-0.05, 0) is 32.1 Å². The van der Waals surface area contributed by atoms with Gasteiger partial charge >= 0.3 is 29.8 Å². The molecule has 0 saturated carbocycles. The Kier molecular flexibility index (Phi) is 38.5. The fourth-order valence-electron chi connectivity index (χ4n) is 2.36. The van der Waals surface area contributed by atoms with Gasteiger partial charge in [-0.1, -0.05) is 78.8 Å². The first-order valence-corrected chi connectivity index (χ1v) is 14.2. The second-order valence-electron chi connectivity index (χ2n) is 8.34. The zero-order chi connectivity index (χ0) is 33.9. The van der Waals surface area contributed by atoms with Crippen LogP contribution < -0.4 is 0 Å². The Balaban J connectivity index is -0.000000244. The highest BCUT2D eigenvalue weighted by atomic mass is 16.5. The fourth-order valence-corrected chi connectivity index (χ4v) is 2.36. The average Bonchev–Trinajstić information content (AvgIpc) is 3.00. The van der Waals surface area contributed by atoms with Crippen molar-refractivity contribution in [2.24, 2.45) is 5.92 Å². The topological polar surface area (TPSA) is 163 Å². The highest BCUT2D eigenvalue weighted by Gasteiger charge is 2.08. The molecule has 0 aliphatic heterocycles. The van der Waals surface area contributed by atoms with Crippen molar-refractivity contribution in [1.29, 1.82) is 0 Å². The van der Waals surface area contributed by atoms with Gasteiger partial charge in [0, 0.05) is 29.9 Å². The smallest absolute Gasteiger partial charge is 0.333 e. The molecule has 0 amide bonds. The van der Waals surface area contributed by atoms with E-state index in [4.69, 9.17) is 14.9 Å².